The van der Waals surface area contributed by atoms with E-state index in [2.05, 4.69) is 204 Å². The third kappa shape index (κ3) is 5.46. The van der Waals surface area contributed by atoms with E-state index in [0.717, 1.165) is 38.5 Å². The highest BCUT2D eigenvalue weighted by atomic mass is 15.2. The van der Waals surface area contributed by atoms with E-state index in [0.29, 0.717) is 0 Å². The van der Waals surface area contributed by atoms with Crippen LogP contribution in [-0.2, 0) is 11.8 Å². The van der Waals surface area contributed by atoms with Crippen LogP contribution in [0.15, 0.2) is 216 Å². The molecule has 2 heteroatoms. The minimum absolute atomic E-state index is 0.161. The Morgan fingerprint density at radius 3 is 1.95 bits per heavy atom. The zero-order chi connectivity index (χ0) is 37.8. The first-order valence-electron chi connectivity index (χ1n) is 20.8. The average Bonchev–Trinajstić information content (AvgIpc) is 3.78. The number of aryl methyl sites for hydroxylation is 1. The normalized spacial score (nSPS) is 22.1. The Morgan fingerprint density at radius 1 is 0.596 bits per heavy atom. The number of hydrogen-bond acceptors (Lipinski definition) is 1. The van der Waals surface area contributed by atoms with Gasteiger partial charge in [0.25, 0.3) is 0 Å². The summed E-state index contributed by atoms with van der Waals surface area (Å²) in [6.45, 7) is 0. The van der Waals surface area contributed by atoms with Crippen LogP contribution in [0.1, 0.15) is 60.4 Å². The van der Waals surface area contributed by atoms with Crippen LogP contribution in [0, 0.1) is 0 Å². The van der Waals surface area contributed by atoms with Crippen LogP contribution in [0.4, 0.5) is 11.4 Å². The number of para-hydroxylation sites is 3. The van der Waals surface area contributed by atoms with Crippen LogP contribution in [0.3, 0.4) is 0 Å². The second kappa shape index (κ2) is 14.0. The molecule has 0 fully saturated rings. The summed E-state index contributed by atoms with van der Waals surface area (Å²) in [7, 11) is 0. The van der Waals surface area contributed by atoms with E-state index in [9.17, 15) is 0 Å². The van der Waals surface area contributed by atoms with E-state index in [1.165, 1.54) is 67.1 Å². The van der Waals surface area contributed by atoms with E-state index in [-0.39, 0.29) is 17.4 Å². The number of aromatic nitrogens is 1. The van der Waals surface area contributed by atoms with Gasteiger partial charge < -0.3 is 9.47 Å². The van der Waals surface area contributed by atoms with Gasteiger partial charge in [-0.15, -0.1) is 0 Å². The van der Waals surface area contributed by atoms with Crippen molar-refractivity contribution in [3.63, 3.8) is 0 Å². The third-order valence-electron chi connectivity index (χ3n) is 13.2. The second-order valence-corrected chi connectivity index (χ2v) is 16.2. The van der Waals surface area contributed by atoms with Gasteiger partial charge in [0, 0.05) is 34.1 Å². The van der Waals surface area contributed by atoms with Crippen molar-refractivity contribution >= 4 is 28.4 Å². The Morgan fingerprint density at radius 2 is 1.25 bits per heavy atom. The molecule has 5 aromatic carbocycles. The van der Waals surface area contributed by atoms with E-state index in [4.69, 9.17) is 0 Å². The van der Waals surface area contributed by atoms with Crippen molar-refractivity contribution < 1.29 is 0 Å². The summed E-state index contributed by atoms with van der Waals surface area (Å²) in [6, 6.07) is 51.8. The molecule has 0 saturated carbocycles. The van der Waals surface area contributed by atoms with Gasteiger partial charge >= 0.3 is 0 Å². The number of nitrogens with zero attached hydrogens (tertiary/aromatic N) is 2. The number of anilines is 2. The Kier molecular flexibility index (Phi) is 8.31. The molecule has 0 N–H and O–H groups in total. The quantitative estimate of drug-likeness (QED) is 0.159. The van der Waals surface area contributed by atoms with Gasteiger partial charge in [0.05, 0.1) is 17.0 Å². The van der Waals surface area contributed by atoms with Gasteiger partial charge in [-0.25, -0.2) is 0 Å². The van der Waals surface area contributed by atoms with Gasteiger partial charge in [-0.2, -0.15) is 0 Å². The molecule has 5 aliphatic carbocycles. The topological polar surface area (TPSA) is 8.17 Å². The number of fused-ring (bicyclic) bond motifs is 4. The number of hydrogen-bond donors (Lipinski definition) is 0. The number of benzene rings is 5. The lowest BCUT2D eigenvalue weighted by Crippen LogP contribution is -2.38. The molecular weight excluding hydrogens is 689 g/mol. The van der Waals surface area contributed by atoms with Crippen LogP contribution in [0.5, 0.6) is 0 Å². The van der Waals surface area contributed by atoms with Gasteiger partial charge in [0.2, 0.25) is 0 Å². The van der Waals surface area contributed by atoms with Crippen molar-refractivity contribution in [3.8, 4) is 5.69 Å². The molecule has 0 spiro atoms. The molecule has 0 radical (unpaired) electrons. The fraction of sp³-hybridized carbons (Fsp3) is 0.164. The van der Waals surface area contributed by atoms with Crippen molar-refractivity contribution in [2.75, 3.05) is 4.90 Å². The molecule has 3 atom stereocenters. The van der Waals surface area contributed by atoms with Gasteiger partial charge in [-0.05, 0) is 132 Å². The summed E-state index contributed by atoms with van der Waals surface area (Å²) in [5.41, 5.74) is 17.8. The van der Waals surface area contributed by atoms with Crippen LogP contribution in [-0.4, -0.2) is 10.6 Å². The first kappa shape index (κ1) is 33.9. The molecule has 0 bridgehead atoms. The summed E-state index contributed by atoms with van der Waals surface area (Å²) >= 11 is 0. The fourth-order valence-corrected chi connectivity index (χ4v) is 10.8. The molecule has 0 aliphatic heterocycles. The van der Waals surface area contributed by atoms with Crippen LogP contribution in [0.2, 0.25) is 0 Å². The molecule has 5 aliphatic rings. The highest BCUT2D eigenvalue weighted by Crippen LogP contribution is 2.61. The first-order chi connectivity index (χ1) is 28.3. The summed E-state index contributed by atoms with van der Waals surface area (Å²) < 4.78 is 2.47. The minimum Gasteiger partial charge on any atom is -0.334 e. The van der Waals surface area contributed by atoms with Crippen molar-refractivity contribution in [3.05, 3.63) is 238 Å². The van der Waals surface area contributed by atoms with Crippen LogP contribution < -0.4 is 4.90 Å². The Balaban J connectivity index is 1.04. The fourth-order valence-electron chi connectivity index (χ4n) is 10.8. The van der Waals surface area contributed by atoms with Crippen molar-refractivity contribution in [2.24, 2.45) is 0 Å². The summed E-state index contributed by atoms with van der Waals surface area (Å²) in [5, 5.41) is 1.40. The minimum atomic E-state index is -0.313. The van der Waals surface area contributed by atoms with Crippen molar-refractivity contribution in [1.82, 2.24) is 4.57 Å². The molecule has 11 rings (SSSR count). The third-order valence-corrected chi connectivity index (χ3v) is 13.2. The second-order valence-electron chi connectivity index (χ2n) is 16.2. The summed E-state index contributed by atoms with van der Waals surface area (Å²) in [4.78, 5) is 2.55. The lowest BCUT2D eigenvalue weighted by molar-refractivity contribution is 0.573. The van der Waals surface area contributed by atoms with Gasteiger partial charge in [-0.3, -0.25) is 0 Å². The lowest BCUT2D eigenvalue weighted by Gasteiger charge is -2.44. The molecule has 57 heavy (non-hydrogen) atoms. The zero-order valence-corrected chi connectivity index (χ0v) is 32.3. The Bertz CT molecular complexity index is 2680. The molecule has 0 amide bonds. The molecule has 276 valence electrons. The predicted octanol–water partition coefficient (Wildman–Crippen LogP) is 13.6. The molecule has 6 aromatic rings. The largest absolute Gasteiger partial charge is 0.334 e. The van der Waals surface area contributed by atoms with Gasteiger partial charge in [-0.1, -0.05) is 145 Å². The number of rotatable bonds is 7. The van der Waals surface area contributed by atoms with Crippen molar-refractivity contribution in [1.29, 1.82) is 0 Å². The molecule has 1 heterocycles. The zero-order valence-electron chi connectivity index (χ0n) is 32.3. The Hall–Kier alpha value is -6.38. The predicted molar refractivity (Wildman–Crippen MR) is 238 cm³/mol. The lowest BCUT2D eigenvalue weighted by atomic mass is 9.60. The maximum Gasteiger partial charge on any atom is 0.0603 e. The maximum atomic E-state index is 2.55. The first-order valence-corrected chi connectivity index (χ1v) is 20.8. The molecule has 1 aromatic heterocycles. The standard InChI is InChI=1S/C55H46N2/c1-6-18-41(19-7-1)55(42-20-8-2-9-21-42)51-37-40(39-31-35-54-50(36-39)49-28-16-17-29-53(49)57(54)45-26-14-5-15-27-45)30-33-47(51)48-34-32-46(38-52(48)55)56(43-22-10-3-11-23-43)44-24-12-4-13-25-44/h1-8,10-15,17-20,22-27,29-36,40,46H,9,16,21,28,37-38H2. The smallest absolute Gasteiger partial charge is 0.0603 e. The average molecular weight is 735 g/mol. The van der Waals surface area contributed by atoms with E-state index >= 15 is 0 Å². The molecule has 0 saturated heterocycles. The SMILES string of the molecule is C1=CCCC(C2(c3ccccc3)C3=C(C=CC(c4ccc5c(c4)c4c(n5-c5ccccc5)C=CCC4)C3)C3=C2CC(N(c2ccccc2)c2ccccc2)C=C3)=C1. The highest BCUT2D eigenvalue weighted by molar-refractivity contribution is 5.91. The van der Waals surface area contributed by atoms with Gasteiger partial charge in [0.15, 0.2) is 0 Å². The maximum absolute atomic E-state index is 2.55. The van der Waals surface area contributed by atoms with Crippen molar-refractivity contribution in [2.45, 2.75) is 55.9 Å². The number of allylic oxidation sites excluding steroid dienone is 11. The summed E-state index contributed by atoms with van der Waals surface area (Å²) in [6.07, 6.45) is 28.0. The van der Waals surface area contributed by atoms with Crippen LogP contribution in [0.25, 0.3) is 22.7 Å². The van der Waals surface area contributed by atoms with E-state index < -0.39 is 0 Å². The van der Waals surface area contributed by atoms with E-state index in [1.807, 2.05) is 0 Å². The van der Waals surface area contributed by atoms with Crippen LogP contribution >= 0.6 is 0 Å². The molecule has 3 unspecified atom stereocenters. The molecular formula is C55H46N2. The van der Waals surface area contributed by atoms with Gasteiger partial charge in [0.1, 0.15) is 0 Å². The monoisotopic (exact) mass is 734 g/mol. The van der Waals surface area contributed by atoms with E-state index in [1.54, 1.807) is 11.1 Å². The molecule has 2 nitrogen and oxygen atoms in total. The summed E-state index contributed by atoms with van der Waals surface area (Å²) in [5.74, 6) is 0.275. The Labute approximate surface area is 336 Å². The highest BCUT2D eigenvalue weighted by Gasteiger charge is 2.51.